The van der Waals surface area contributed by atoms with E-state index in [1.807, 2.05) is 12.1 Å². The van der Waals surface area contributed by atoms with Crippen molar-refractivity contribution in [2.45, 2.75) is 31.0 Å². The van der Waals surface area contributed by atoms with Crippen molar-refractivity contribution in [3.63, 3.8) is 0 Å². The maximum atomic E-state index is 13.6. The zero-order valence-electron chi connectivity index (χ0n) is 21.3. The number of aromatic nitrogens is 5. The second-order valence-electron chi connectivity index (χ2n) is 8.79. The molecule has 38 heavy (non-hydrogen) atoms. The summed E-state index contributed by atoms with van der Waals surface area (Å²) in [5, 5.41) is 18.3. The van der Waals surface area contributed by atoms with E-state index in [4.69, 9.17) is 13.9 Å². The average molecular weight is 538 g/mol. The van der Waals surface area contributed by atoms with E-state index in [1.165, 1.54) is 21.1 Å². The van der Waals surface area contributed by atoms with E-state index in [0.29, 0.717) is 34.4 Å². The molecule has 0 saturated heterocycles. The molecule has 0 aliphatic rings. The molecule has 0 spiro atoms. The number of imidazole rings is 1. The number of furan rings is 1. The van der Waals surface area contributed by atoms with Crippen LogP contribution in [-0.2, 0) is 15.6 Å². The van der Waals surface area contributed by atoms with Crippen LogP contribution in [-0.4, -0.2) is 57.1 Å². The summed E-state index contributed by atoms with van der Waals surface area (Å²) < 4.78 is 47.4. The van der Waals surface area contributed by atoms with Crippen LogP contribution in [0.1, 0.15) is 30.3 Å². The van der Waals surface area contributed by atoms with Crippen LogP contribution in [0.25, 0.3) is 22.9 Å². The lowest BCUT2D eigenvalue weighted by atomic mass is 10.2. The molecule has 2 atom stereocenters. The third-order valence-electron chi connectivity index (χ3n) is 6.34. The minimum Gasteiger partial charge on any atom is -0.494 e. The Bertz CT molecular complexity index is 1650. The molecule has 5 rings (SSSR count). The lowest BCUT2D eigenvalue weighted by molar-refractivity contribution is 0.171. The average Bonchev–Trinajstić information content (AvgIpc) is 3.65. The second-order valence-corrected chi connectivity index (χ2v) is 11.1. The molecule has 12 heteroatoms. The van der Waals surface area contributed by atoms with Gasteiger partial charge in [0, 0.05) is 12.4 Å². The third-order valence-corrected chi connectivity index (χ3v) is 8.39. The predicted molar refractivity (Wildman–Crippen MR) is 139 cm³/mol. The number of sulfone groups is 1. The molecule has 1 aromatic carbocycles. The normalized spacial score (nSPS) is 13.5. The fourth-order valence-electron chi connectivity index (χ4n) is 4.26. The van der Waals surface area contributed by atoms with E-state index in [-0.39, 0.29) is 17.3 Å². The molecule has 0 aliphatic carbocycles. The fourth-order valence-corrected chi connectivity index (χ4v) is 5.60. The van der Waals surface area contributed by atoms with Crippen molar-refractivity contribution in [1.29, 1.82) is 0 Å². The predicted octanol–water partition coefficient (Wildman–Crippen LogP) is 3.54. The van der Waals surface area contributed by atoms with Gasteiger partial charge in [-0.25, -0.2) is 13.4 Å². The molecule has 0 saturated carbocycles. The standard InChI is InChI=1S/C26H27N5O6S/c1-16-11-12-21(37-16)26-29-28-23(31(26)24-19(35-3)8-7-9-20(24)36-4)15-38(33,34)17(2)25(32)18-14-30-13-6-5-10-22(30)27-18/h5-14,17,25,32H,15H2,1-4H3/t17-,25+/m1/s1. The molecule has 5 aromatic rings. The Kier molecular flexibility index (Phi) is 6.67. The Balaban J connectivity index is 1.58. The number of aliphatic hydroxyl groups is 1. The van der Waals surface area contributed by atoms with Gasteiger partial charge in [0.1, 0.15) is 40.5 Å². The first-order valence-corrected chi connectivity index (χ1v) is 13.5. The van der Waals surface area contributed by atoms with Gasteiger partial charge >= 0.3 is 0 Å². The molecule has 4 aromatic heterocycles. The second kappa shape index (κ2) is 9.95. The van der Waals surface area contributed by atoms with Gasteiger partial charge < -0.3 is 23.4 Å². The number of rotatable bonds is 9. The summed E-state index contributed by atoms with van der Waals surface area (Å²) in [4.78, 5) is 4.38. The number of hydrogen-bond acceptors (Lipinski definition) is 9. The van der Waals surface area contributed by atoms with E-state index in [9.17, 15) is 13.5 Å². The number of benzene rings is 1. The van der Waals surface area contributed by atoms with Crippen molar-refractivity contribution < 1.29 is 27.4 Å². The molecular formula is C26H27N5O6S. The Morgan fingerprint density at radius 1 is 1.03 bits per heavy atom. The van der Waals surface area contributed by atoms with Crippen LogP contribution in [0.2, 0.25) is 0 Å². The van der Waals surface area contributed by atoms with Crippen molar-refractivity contribution in [2.24, 2.45) is 0 Å². The van der Waals surface area contributed by atoms with E-state index in [2.05, 4.69) is 15.2 Å². The zero-order chi connectivity index (χ0) is 27.0. The number of pyridine rings is 1. The number of fused-ring (bicyclic) bond motifs is 1. The first-order chi connectivity index (χ1) is 18.2. The summed E-state index contributed by atoms with van der Waals surface area (Å²) in [5.74, 6) is 1.75. The molecule has 0 fully saturated rings. The van der Waals surface area contributed by atoms with E-state index < -0.39 is 26.9 Å². The van der Waals surface area contributed by atoms with Gasteiger partial charge in [0.25, 0.3) is 0 Å². The molecule has 0 radical (unpaired) electrons. The topological polar surface area (TPSA) is 134 Å². The molecule has 1 N–H and O–H groups in total. The highest BCUT2D eigenvalue weighted by Crippen LogP contribution is 2.37. The van der Waals surface area contributed by atoms with Crippen LogP contribution in [0.15, 0.2) is 65.3 Å². The van der Waals surface area contributed by atoms with Crippen molar-refractivity contribution in [3.05, 3.63) is 78.2 Å². The van der Waals surface area contributed by atoms with Gasteiger partial charge in [0.15, 0.2) is 21.4 Å². The van der Waals surface area contributed by atoms with Crippen LogP contribution >= 0.6 is 0 Å². The van der Waals surface area contributed by atoms with Crippen LogP contribution in [0.5, 0.6) is 11.5 Å². The van der Waals surface area contributed by atoms with Crippen LogP contribution in [0, 0.1) is 6.92 Å². The Labute approximate surface area is 219 Å². The molecule has 198 valence electrons. The van der Waals surface area contributed by atoms with Gasteiger partial charge in [-0.15, -0.1) is 10.2 Å². The van der Waals surface area contributed by atoms with E-state index in [1.54, 1.807) is 64.7 Å². The van der Waals surface area contributed by atoms with Crippen LogP contribution in [0.4, 0.5) is 0 Å². The van der Waals surface area contributed by atoms with Crippen molar-refractivity contribution in [3.8, 4) is 28.8 Å². The summed E-state index contributed by atoms with van der Waals surface area (Å²) in [6, 6.07) is 14.1. The van der Waals surface area contributed by atoms with Gasteiger partial charge in [-0.05, 0) is 50.2 Å². The van der Waals surface area contributed by atoms with E-state index in [0.717, 1.165) is 0 Å². The molecule has 11 nitrogen and oxygen atoms in total. The quantitative estimate of drug-likeness (QED) is 0.300. The maximum Gasteiger partial charge on any atom is 0.204 e. The highest BCUT2D eigenvalue weighted by atomic mass is 32.2. The van der Waals surface area contributed by atoms with Crippen molar-refractivity contribution in [1.82, 2.24) is 24.1 Å². The summed E-state index contributed by atoms with van der Waals surface area (Å²) in [6.45, 7) is 3.24. The van der Waals surface area contributed by atoms with Gasteiger partial charge in [0.05, 0.1) is 25.2 Å². The minimum absolute atomic E-state index is 0.103. The molecule has 0 unspecified atom stereocenters. The lowest BCUT2D eigenvalue weighted by Gasteiger charge is -2.19. The first-order valence-electron chi connectivity index (χ1n) is 11.8. The van der Waals surface area contributed by atoms with Gasteiger partial charge in [0.2, 0.25) is 5.82 Å². The Morgan fingerprint density at radius 2 is 1.76 bits per heavy atom. The molecule has 0 bridgehead atoms. The van der Waals surface area contributed by atoms with Crippen molar-refractivity contribution in [2.75, 3.05) is 14.2 Å². The fraction of sp³-hybridized carbons (Fsp3) is 0.269. The number of hydrogen-bond donors (Lipinski definition) is 1. The van der Waals surface area contributed by atoms with Gasteiger partial charge in [-0.2, -0.15) is 0 Å². The van der Waals surface area contributed by atoms with Gasteiger partial charge in [-0.1, -0.05) is 12.1 Å². The smallest absolute Gasteiger partial charge is 0.204 e. The highest BCUT2D eigenvalue weighted by Gasteiger charge is 2.34. The molecule has 0 aliphatic heterocycles. The number of para-hydroxylation sites is 1. The summed E-state index contributed by atoms with van der Waals surface area (Å²) in [5.41, 5.74) is 1.28. The minimum atomic E-state index is -3.97. The largest absolute Gasteiger partial charge is 0.494 e. The first kappa shape index (κ1) is 25.5. The Morgan fingerprint density at radius 3 is 2.39 bits per heavy atom. The Hall–Kier alpha value is -4.16. The van der Waals surface area contributed by atoms with Crippen LogP contribution < -0.4 is 9.47 Å². The highest BCUT2D eigenvalue weighted by molar-refractivity contribution is 7.91. The summed E-state index contributed by atoms with van der Waals surface area (Å²) in [7, 11) is -0.960. The zero-order valence-corrected chi connectivity index (χ0v) is 22.1. The summed E-state index contributed by atoms with van der Waals surface area (Å²) in [6.07, 6.45) is 2.04. The monoisotopic (exact) mass is 537 g/mol. The third kappa shape index (κ3) is 4.52. The molecule has 0 amide bonds. The summed E-state index contributed by atoms with van der Waals surface area (Å²) >= 11 is 0. The van der Waals surface area contributed by atoms with E-state index >= 15 is 0 Å². The van der Waals surface area contributed by atoms with Crippen LogP contribution in [0.3, 0.4) is 0 Å². The SMILES string of the molecule is COc1cccc(OC)c1-n1c(CS(=O)(=O)[C@H](C)[C@H](O)c2cn3ccccc3n2)nnc1-c1ccc(C)o1. The maximum absolute atomic E-state index is 13.6. The number of aryl methyl sites for hydroxylation is 1. The molecule has 4 heterocycles. The number of ether oxygens (including phenoxy) is 2. The van der Waals surface area contributed by atoms with Crippen molar-refractivity contribution >= 4 is 15.5 Å². The number of nitrogens with zero attached hydrogens (tertiary/aromatic N) is 5. The molecular weight excluding hydrogens is 510 g/mol. The number of methoxy groups -OCH3 is 2. The van der Waals surface area contributed by atoms with Gasteiger partial charge in [-0.3, -0.25) is 4.57 Å². The lowest BCUT2D eigenvalue weighted by Crippen LogP contribution is -2.28. The number of aliphatic hydroxyl groups excluding tert-OH is 1.